The molecule has 0 radical (unpaired) electrons. The number of aromatic nitrogens is 2. The van der Waals surface area contributed by atoms with Crippen LogP contribution in [0.4, 0.5) is 5.82 Å². The lowest BCUT2D eigenvalue weighted by atomic mass is 9.90. The topological polar surface area (TPSA) is 67.4 Å². The maximum Gasteiger partial charge on any atom is 0.150 e. The van der Waals surface area contributed by atoms with Crippen LogP contribution in [0.1, 0.15) is 36.0 Å². The molecule has 0 unspecified atom stereocenters. The first-order valence-corrected chi connectivity index (χ1v) is 9.12. The first kappa shape index (κ1) is 16.4. The summed E-state index contributed by atoms with van der Waals surface area (Å²) in [5.41, 5.74) is 1.52. The summed E-state index contributed by atoms with van der Waals surface area (Å²) < 4.78 is 5.46. The Bertz CT molecular complexity index is 737. The molecule has 2 fully saturated rings. The Labute approximate surface area is 147 Å². The number of nitrogens with one attached hydrogen (secondary N) is 1. The second-order valence-corrected chi connectivity index (χ2v) is 6.91. The van der Waals surface area contributed by atoms with Gasteiger partial charge in [0.25, 0.3) is 0 Å². The van der Waals surface area contributed by atoms with Gasteiger partial charge in [0.05, 0.1) is 18.7 Å². The molecule has 1 N–H and O–H groups in total. The molecule has 1 saturated carbocycles. The van der Waals surface area contributed by atoms with E-state index in [-0.39, 0.29) is 0 Å². The average Bonchev–Trinajstić information content (AvgIpc) is 2.69. The Morgan fingerprint density at radius 2 is 1.92 bits per heavy atom. The summed E-state index contributed by atoms with van der Waals surface area (Å²) in [5.74, 6) is 0.837. The summed E-state index contributed by atoms with van der Waals surface area (Å²) in [7, 11) is 0. The molecule has 25 heavy (non-hydrogen) atoms. The van der Waals surface area contributed by atoms with E-state index in [0.29, 0.717) is 17.6 Å². The molecule has 0 atom stereocenters. The van der Waals surface area contributed by atoms with Gasteiger partial charge < -0.3 is 10.1 Å². The smallest absolute Gasteiger partial charge is 0.150 e. The fourth-order valence-corrected chi connectivity index (χ4v) is 3.98. The lowest BCUT2D eigenvalue weighted by Crippen LogP contribution is -2.46. The van der Waals surface area contributed by atoms with Crippen molar-refractivity contribution in [2.75, 3.05) is 31.6 Å². The predicted octanol–water partition coefficient (Wildman–Crippen LogP) is 2.50. The van der Waals surface area contributed by atoms with Gasteiger partial charge in [0, 0.05) is 36.1 Å². The highest BCUT2D eigenvalue weighted by Crippen LogP contribution is 2.28. The minimum Gasteiger partial charge on any atom is -0.379 e. The molecule has 2 aromatic rings. The monoisotopic (exact) mass is 340 g/mol. The molecule has 1 aromatic carbocycles. The first-order chi connectivity index (χ1) is 12.3. The van der Waals surface area contributed by atoms with E-state index in [1.165, 1.54) is 12.8 Å². The van der Waals surface area contributed by atoms with Crippen LogP contribution >= 0.6 is 0 Å². The zero-order valence-corrected chi connectivity index (χ0v) is 14.4. The highest BCUT2D eigenvalue weighted by Gasteiger charge is 2.27. The van der Waals surface area contributed by atoms with E-state index in [4.69, 9.17) is 4.74 Å². The summed E-state index contributed by atoms with van der Waals surface area (Å²) in [6.45, 7) is 3.86. The molecular weight excluding hydrogens is 316 g/mol. The molecule has 1 aromatic heterocycles. The Morgan fingerprint density at radius 1 is 1.12 bits per heavy atom. The summed E-state index contributed by atoms with van der Waals surface area (Å²) in [4.78, 5) is 22.4. The molecule has 4 rings (SSSR count). The van der Waals surface area contributed by atoms with Gasteiger partial charge in [-0.3, -0.25) is 9.69 Å². The Balaban J connectivity index is 1.43. The SMILES string of the molecule is O=Cc1ccc2ncnc(N[C@H]3CC[C@H](N4CCOCC4)CC3)c2c1. The third-order valence-corrected chi connectivity index (χ3v) is 5.40. The van der Waals surface area contributed by atoms with E-state index < -0.39 is 0 Å². The first-order valence-electron chi connectivity index (χ1n) is 9.12. The fourth-order valence-electron chi connectivity index (χ4n) is 3.98. The Kier molecular flexibility index (Phi) is 4.90. The van der Waals surface area contributed by atoms with Crippen molar-refractivity contribution in [3.63, 3.8) is 0 Å². The summed E-state index contributed by atoms with van der Waals surface area (Å²) in [6, 6.07) is 6.64. The van der Waals surface area contributed by atoms with Crippen LogP contribution in [0, 0.1) is 0 Å². The predicted molar refractivity (Wildman–Crippen MR) is 97.0 cm³/mol. The summed E-state index contributed by atoms with van der Waals surface area (Å²) >= 11 is 0. The molecule has 6 heteroatoms. The molecule has 2 aliphatic rings. The quantitative estimate of drug-likeness (QED) is 0.863. The minimum atomic E-state index is 0.426. The molecule has 6 nitrogen and oxygen atoms in total. The third kappa shape index (κ3) is 3.65. The molecule has 1 aliphatic heterocycles. The molecule has 0 amide bonds. The van der Waals surface area contributed by atoms with Gasteiger partial charge in [-0.1, -0.05) is 0 Å². The maximum atomic E-state index is 11.1. The fraction of sp³-hybridized carbons (Fsp3) is 0.526. The number of rotatable bonds is 4. The third-order valence-electron chi connectivity index (χ3n) is 5.40. The van der Waals surface area contributed by atoms with Gasteiger partial charge in [-0.05, 0) is 43.9 Å². The van der Waals surface area contributed by atoms with Gasteiger partial charge in [-0.2, -0.15) is 0 Å². The van der Waals surface area contributed by atoms with Crippen molar-refractivity contribution in [1.29, 1.82) is 0 Å². The number of aldehydes is 1. The second-order valence-electron chi connectivity index (χ2n) is 6.91. The van der Waals surface area contributed by atoms with Crippen molar-refractivity contribution >= 4 is 23.0 Å². The van der Waals surface area contributed by atoms with Crippen molar-refractivity contribution in [1.82, 2.24) is 14.9 Å². The normalized spacial score (nSPS) is 25.0. The van der Waals surface area contributed by atoms with Crippen molar-refractivity contribution in [3.05, 3.63) is 30.1 Å². The van der Waals surface area contributed by atoms with Crippen LogP contribution in [-0.2, 0) is 4.74 Å². The van der Waals surface area contributed by atoms with Gasteiger partial charge in [0.1, 0.15) is 18.4 Å². The van der Waals surface area contributed by atoms with E-state index >= 15 is 0 Å². The molecular formula is C19H24N4O2. The number of benzene rings is 1. The van der Waals surface area contributed by atoms with Crippen molar-refractivity contribution in [3.8, 4) is 0 Å². The number of ether oxygens (including phenoxy) is 1. The lowest BCUT2D eigenvalue weighted by Gasteiger charge is -2.39. The van der Waals surface area contributed by atoms with E-state index in [2.05, 4.69) is 20.2 Å². The van der Waals surface area contributed by atoms with E-state index in [1.54, 1.807) is 12.4 Å². The number of carbonyl (C=O) groups excluding carboxylic acids is 1. The zero-order chi connectivity index (χ0) is 17.1. The van der Waals surface area contributed by atoms with E-state index in [1.807, 2.05) is 12.1 Å². The van der Waals surface area contributed by atoms with Gasteiger partial charge in [-0.15, -0.1) is 0 Å². The van der Waals surface area contributed by atoms with Gasteiger partial charge in [-0.25, -0.2) is 9.97 Å². The standard InChI is InChI=1S/C19H24N4O2/c24-12-14-1-6-18-17(11-14)19(21-13-20-18)22-15-2-4-16(5-3-15)23-7-9-25-10-8-23/h1,6,11-13,15-16H,2-5,7-10H2,(H,20,21,22)/t15-,16-. The average molecular weight is 340 g/mol. The molecule has 2 heterocycles. The summed E-state index contributed by atoms with van der Waals surface area (Å²) in [6.07, 6.45) is 7.15. The van der Waals surface area contributed by atoms with Crippen molar-refractivity contribution < 1.29 is 9.53 Å². The summed E-state index contributed by atoms with van der Waals surface area (Å²) in [5, 5.41) is 4.51. The van der Waals surface area contributed by atoms with Crippen LogP contribution in [-0.4, -0.2) is 59.5 Å². The number of fused-ring (bicyclic) bond motifs is 1. The Hall–Kier alpha value is -2.05. The van der Waals surface area contributed by atoms with Gasteiger partial charge >= 0.3 is 0 Å². The van der Waals surface area contributed by atoms with E-state index in [0.717, 1.165) is 62.2 Å². The number of anilines is 1. The van der Waals surface area contributed by atoms with Crippen LogP contribution in [0.5, 0.6) is 0 Å². The molecule has 1 saturated heterocycles. The van der Waals surface area contributed by atoms with Gasteiger partial charge in [0.2, 0.25) is 0 Å². The molecule has 0 spiro atoms. The largest absolute Gasteiger partial charge is 0.379 e. The van der Waals surface area contributed by atoms with Gasteiger partial charge in [0.15, 0.2) is 0 Å². The maximum absolute atomic E-state index is 11.1. The molecule has 0 bridgehead atoms. The minimum absolute atomic E-state index is 0.426. The lowest BCUT2D eigenvalue weighted by molar-refractivity contribution is 0.00791. The number of nitrogens with zero attached hydrogens (tertiary/aromatic N) is 3. The van der Waals surface area contributed by atoms with Crippen molar-refractivity contribution in [2.45, 2.75) is 37.8 Å². The van der Waals surface area contributed by atoms with Crippen LogP contribution in [0.2, 0.25) is 0 Å². The van der Waals surface area contributed by atoms with Crippen LogP contribution in [0.3, 0.4) is 0 Å². The molecule has 132 valence electrons. The van der Waals surface area contributed by atoms with Crippen LogP contribution in [0.25, 0.3) is 10.9 Å². The number of morpholine rings is 1. The second kappa shape index (κ2) is 7.45. The highest BCUT2D eigenvalue weighted by atomic mass is 16.5. The number of hydrogen-bond donors (Lipinski definition) is 1. The van der Waals surface area contributed by atoms with Crippen LogP contribution < -0.4 is 5.32 Å². The molecule has 1 aliphatic carbocycles. The number of hydrogen-bond acceptors (Lipinski definition) is 6. The number of carbonyl (C=O) groups is 1. The van der Waals surface area contributed by atoms with E-state index in [9.17, 15) is 4.79 Å². The Morgan fingerprint density at radius 3 is 2.68 bits per heavy atom. The van der Waals surface area contributed by atoms with Crippen LogP contribution in [0.15, 0.2) is 24.5 Å². The van der Waals surface area contributed by atoms with Crippen molar-refractivity contribution in [2.24, 2.45) is 0 Å². The highest BCUT2D eigenvalue weighted by molar-refractivity contribution is 5.93. The zero-order valence-electron chi connectivity index (χ0n) is 14.4.